The first-order chi connectivity index (χ1) is 7.54. The summed E-state index contributed by atoms with van der Waals surface area (Å²) in [6.07, 6.45) is 0. The third-order valence-corrected chi connectivity index (χ3v) is 2.88. The van der Waals surface area contributed by atoms with Crippen LogP contribution in [0.4, 0.5) is 0 Å². The highest BCUT2D eigenvalue weighted by molar-refractivity contribution is 7.89. The van der Waals surface area contributed by atoms with Crippen LogP contribution in [-0.2, 0) is 10.0 Å². The van der Waals surface area contributed by atoms with Crippen LogP contribution in [0.3, 0.4) is 0 Å². The second kappa shape index (κ2) is 5.83. The molecule has 0 unspecified atom stereocenters. The van der Waals surface area contributed by atoms with Gasteiger partial charge in [0.15, 0.2) is 0 Å². The minimum atomic E-state index is -3.62. The number of benzene rings is 1. The predicted molar refractivity (Wildman–Crippen MR) is 61.9 cm³/mol. The van der Waals surface area contributed by atoms with Gasteiger partial charge in [0.25, 0.3) is 0 Å². The van der Waals surface area contributed by atoms with Gasteiger partial charge in [0.05, 0.1) is 4.90 Å². The van der Waals surface area contributed by atoms with Crippen LogP contribution in [0.15, 0.2) is 29.2 Å². The summed E-state index contributed by atoms with van der Waals surface area (Å²) in [6, 6.07) is 6.03. The molecule has 0 spiro atoms. The first-order valence-corrected chi connectivity index (χ1v) is 6.55. The van der Waals surface area contributed by atoms with E-state index in [1.54, 1.807) is 12.1 Å². The number of primary sulfonamides is 1. The van der Waals surface area contributed by atoms with Crippen molar-refractivity contribution < 1.29 is 13.2 Å². The molecule has 0 bridgehead atoms. The zero-order valence-corrected chi connectivity index (χ0v) is 9.96. The summed E-state index contributed by atoms with van der Waals surface area (Å²) in [4.78, 5) is 0.0894. The maximum Gasteiger partial charge on any atom is 0.238 e. The highest BCUT2D eigenvalue weighted by Gasteiger charge is 2.06. The second-order valence-corrected chi connectivity index (χ2v) is 4.78. The van der Waals surface area contributed by atoms with E-state index in [4.69, 9.17) is 9.88 Å². The fourth-order valence-electron chi connectivity index (χ4n) is 1.14. The molecule has 0 saturated carbocycles. The molecule has 0 aliphatic rings. The predicted octanol–water partition coefficient (Wildman–Crippen LogP) is 0.322. The minimum Gasteiger partial charge on any atom is -0.492 e. The van der Waals surface area contributed by atoms with Gasteiger partial charge in [0.1, 0.15) is 12.4 Å². The highest BCUT2D eigenvalue weighted by Crippen LogP contribution is 2.14. The van der Waals surface area contributed by atoms with Gasteiger partial charge in [-0.1, -0.05) is 6.92 Å². The third kappa shape index (κ3) is 4.18. The average Bonchev–Trinajstić information content (AvgIpc) is 2.24. The maximum absolute atomic E-state index is 11.0. The van der Waals surface area contributed by atoms with Crippen molar-refractivity contribution >= 4 is 10.0 Å². The highest BCUT2D eigenvalue weighted by atomic mass is 32.2. The second-order valence-electron chi connectivity index (χ2n) is 3.22. The number of rotatable bonds is 6. The quantitative estimate of drug-likeness (QED) is 0.706. The number of ether oxygens (including phenoxy) is 1. The van der Waals surface area contributed by atoms with Gasteiger partial charge in [-0.3, -0.25) is 0 Å². The smallest absolute Gasteiger partial charge is 0.238 e. The van der Waals surface area contributed by atoms with Gasteiger partial charge in [-0.25, -0.2) is 13.6 Å². The standard InChI is InChI=1S/C10H16N2O3S/c1-2-12-7-8-15-9-3-5-10(6-4-9)16(11,13)14/h3-6,12H,2,7-8H2,1H3,(H2,11,13,14). The monoisotopic (exact) mass is 244 g/mol. The molecule has 0 radical (unpaired) electrons. The van der Waals surface area contributed by atoms with Gasteiger partial charge >= 0.3 is 0 Å². The Labute approximate surface area is 95.7 Å². The fraction of sp³-hybridized carbons (Fsp3) is 0.400. The van der Waals surface area contributed by atoms with Gasteiger partial charge < -0.3 is 10.1 Å². The molecule has 5 nitrogen and oxygen atoms in total. The molecule has 1 aromatic carbocycles. The lowest BCUT2D eigenvalue weighted by Crippen LogP contribution is -2.20. The molecule has 90 valence electrons. The van der Waals surface area contributed by atoms with Crippen LogP contribution in [0.1, 0.15) is 6.92 Å². The zero-order chi connectivity index (χ0) is 12.0. The van der Waals surface area contributed by atoms with E-state index in [-0.39, 0.29) is 4.90 Å². The van der Waals surface area contributed by atoms with E-state index in [0.717, 1.165) is 13.1 Å². The summed E-state index contributed by atoms with van der Waals surface area (Å²) >= 11 is 0. The van der Waals surface area contributed by atoms with Crippen molar-refractivity contribution in [1.29, 1.82) is 0 Å². The van der Waals surface area contributed by atoms with E-state index in [2.05, 4.69) is 5.32 Å². The van der Waals surface area contributed by atoms with Gasteiger partial charge in [0, 0.05) is 6.54 Å². The van der Waals surface area contributed by atoms with Crippen LogP contribution in [0.25, 0.3) is 0 Å². The first-order valence-electron chi connectivity index (χ1n) is 5.00. The zero-order valence-electron chi connectivity index (χ0n) is 9.14. The molecule has 0 saturated heterocycles. The lowest BCUT2D eigenvalue weighted by atomic mass is 10.3. The number of sulfonamides is 1. The van der Waals surface area contributed by atoms with E-state index in [1.165, 1.54) is 12.1 Å². The Morgan fingerprint density at radius 3 is 2.44 bits per heavy atom. The van der Waals surface area contributed by atoms with Gasteiger partial charge in [-0.2, -0.15) is 0 Å². The van der Waals surface area contributed by atoms with Crippen LogP contribution in [0.2, 0.25) is 0 Å². The molecule has 16 heavy (non-hydrogen) atoms. The average molecular weight is 244 g/mol. The Morgan fingerprint density at radius 1 is 1.31 bits per heavy atom. The molecule has 0 heterocycles. The largest absolute Gasteiger partial charge is 0.492 e. The molecule has 1 rings (SSSR count). The van der Waals surface area contributed by atoms with Crippen molar-refractivity contribution in [2.45, 2.75) is 11.8 Å². The number of likely N-dealkylation sites (N-methyl/N-ethyl adjacent to an activating group) is 1. The maximum atomic E-state index is 11.0. The molecule has 0 amide bonds. The van der Waals surface area contributed by atoms with E-state index < -0.39 is 10.0 Å². The molecule has 0 aromatic heterocycles. The molecule has 0 aliphatic heterocycles. The van der Waals surface area contributed by atoms with Crippen molar-refractivity contribution in [2.24, 2.45) is 5.14 Å². The number of nitrogens with two attached hydrogens (primary N) is 1. The molecular weight excluding hydrogens is 228 g/mol. The van der Waals surface area contributed by atoms with Crippen molar-refractivity contribution in [3.8, 4) is 5.75 Å². The molecule has 0 fully saturated rings. The Hall–Kier alpha value is -1.11. The van der Waals surface area contributed by atoms with Crippen LogP contribution in [-0.4, -0.2) is 28.1 Å². The van der Waals surface area contributed by atoms with Crippen LogP contribution >= 0.6 is 0 Å². The van der Waals surface area contributed by atoms with E-state index in [1.807, 2.05) is 6.92 Å². The van der Waals surface area contributed by atoms with E-state index in [9.17, 15) is 8.42 Å². The third-order valence-electron chi connectivity index (χ3n) is 1.95. The van der Waals surface area contributed by atoms with Crippen molar-refractivity contribution in [1.82, 2.24) is 5.32 Å². The van der Waals surface area contributed by atoms with Crippen molar-refractivity contribution in [3.05, 3.63) is 24.3 Å². The van der Waals surface area contributed by atoms with Crippen LogP contribution in [0.5, 0.6) is 5.75 Å². The molecule has 0 atom stereocenters. The first kappa shape index (κ1) is 13.0. The lowest BCUT2D eigenvalue weighted by molar-refractivity contribution is 0.315. The summed E-state index contributed by atoms with van der Waals surface area (Å²) in [6.45, 7) is 4.21. The normalized spacial score (nSPS) is 11.4. The van der Waals surface area contributed by atoms with E-state index >= 15 is 0 Å². The van der Waals surface area contributed by atoms with Crippen molar-refractivity contribution in [2.75, 3.05) is 19.7 Å². The summed E-state index contributed by atoms with van der Waals surface area (Å²) in [5.74, 6) is 0.630. The Bertz CT molecular complexity index is 414. The SMILES string of the molecule is CCNCCOc1ccc(S(N)(=O)=O)cc1. The van der Waals surface area contributed by atoms with Crippen LogP contribution < -0.4 is 15.2 Å². The summed E-state index contributed by atoms with van der Waals surface area (Å²) in [7, 11) is -3.62. The summed E-state index contributed by atoms with van der Waals surface area (Å²) < 4.78 is 27.3. The van der Waals surface area contributed by atoms with Crippen LogP contribution in [0, 0.1) is 0 Å². The van der Waals surface area contributed by atoms with E-state index in [0.29, 0.717) is 12.4 Å². The topological polar surface area (TPSA) is 81.4 Å². The Morgan fingerprint density at radius 2 is 1.94 bits per heavy atom. The lowest BCUT2D eigenvalue weighted by Gasteiger charge is -2.06. The minimum absolute atomic E-state index is 0.0894. The Balaban J connectivity index is 2.52. The Kier molecular flexibility index (Phi) is 4.72. The number of hydrogen-bond acceptors (Lipinski definition) is 4. The van der Waals surface area contributed by atoms with Gasteiger partial charge in [-0.05, 0) is 30.8 Å². The molecule has 6 heteroatoms. The van der Waals surface area contributed by atoms with Crippen molar-refractivity contribution in [3.63, 3.8) is 0 Å². The number of nitrogens with one attached hydrogen (secondary N) is 1. The summed E-state index contributed by atoms with van der Waals surface area (Å²) in [5, 5.41) is 8.08. The van der Waals surface area contributed by atoms with Gasteiger partial charge in [-0.15, -0.1) is 0 Å². The fourth-order valence-corrected chi connectivity index (χ4v) is 1.66. The molecule has 1 aromatic rings. The molecule has 0 aliphatic carbocycles. The summed E-state index contributed by atoms with van der Waals surface area (Å²) in [5.41, 5.74) is 0. The molecule has 3 N–H and O–H groups in total. The molecular formula is C10H16N2O3S. The number of hydrogen-bond donors (Lipinski definition) is 2. The van der Waals surface area contributed by atoms with Gasteiger partial charge in [0.2, 0.25) is 10.0 Å².